The highest BCUT2D eigenvalue weighted by atomic mass is 32.1. The highest BCUT2D eigenvalue weighted by Gasteiger charge is 2.35. The van der Waals surface area contributed by atoms with Gasteiger partial charge in [-0.1, -0.05) is 30.3 Å². The molecule has 120 valence electrons. The number of hydroxylamine groups is 1. The van der Waals surface area contributed by atoms with Crippen LogP contribution in [0.2, 0.25) is 0 Å². The van der Waals surface area contributed by atoms with Gasteiger partial charge in [-0.2, -0.15) is 0 Å². The molecule has 0 radical (unpaired) electrons. The minimum absolute atomic E-state index is 0.542. The zero-order valence-electron chi connectivity index (χ0n) is 13.0. The molecule has 1 aliphatic rings. The molecule has 0 bridgehead atoms. The van der Waals surface area contributed by atoms with Crippen molar-refractivity contribution in [2.75, 3.05) is 0 Å². The third kappa shape index (κ3) is 2.89. The van der Waals surface area contributed by atoms with E-state index in [1.165, 1.54) is 0 Å². The summed E-state index contributed by atoms with van der Waals surface area (Å²) in [6.07, 6.45) is 7.10. The SMILES string of the molecule is C[C@@]1(c2cnc(-c3ccccc3)s2)C=C(Oc2cccnc2)NO1. The quantitative estimate of drug-likeness (QED) is 0.783. The predicted octanol–water partition coefficient (Wildman–Crippen LogP) is 3.88. The zero-order valence-corrected chi connectivity index (χ0v) is 13.8. The van der Waals surface area contributed by atoms with E-state index in [2.05, 4.69) is 15.4 Å². The number of nitrogens with zero attached hydrogens (tertiary/aromatic N) is 2. The lowest BCUT2D eigenvalue weighted by atomic mass is 10.1. The van der Waals surface area contributed by atoms with E-state index >= 15 is 0 Å². The fraction of sp³-hybridized carbons (Fsp3) is 0.111. The topological polar surface area (TPSA) is 56.3 Å². The molecule has 0 saturated heterocycles. The summed E-state index contributed by atoms with van der Waals surface area (Å²) in [7, 11) is 0. The molecular weight excluding hydrogens is 322 g/mol. The van der Waals surface area contributed by atoms with Gasteiger partial charge in [0.25, 0.3) is 0 Å². The summed E-state index contributed by atoms with van der Waals surface area (Å²) in [6, 6.07) is 13.8. The number of rotatable bonds is 4. The van der Waals surface area contributed by atoms with Gasteiger partial charge in [-0.25, -0.2) is 10.5 Å². The Balaban J connectivity index is 1.57. The van der Waals surface area contributed by atoms with Crippen molar-refractivity contribution in [3.63, 3.8) is 0 Å². The van der Waals surface area contributed by atoms with Crippen LogP contribution in [-0.4, -0.2) is 9.97 Å². The first-order valence-electron chi connectivity index (χ1n) is 7.49. The van der Waals surface area contributed by atoms with Crippen LogP contribution in [0.3, 0.4) is 0 Å². The van der Waals surface area contributed by atoms with Crippen LogP contribution in [0.15, 0.2) is 73.0 Å². The highest BCUT2D eigenvalue weighted by molar-refractivity contribution is 7.15. The number of aromatic nitrogens is 2. The first-order chi connectivity index (χ1) is 11.7. The molecule has 0 unspecified atom stereocenters. The minimum atomic E-state index is -0.623. The van der Waals surface area contributed by atoms with Gasteiger partial charge in [0, 0.05) is 24.0 Å². The van der Waals surface area contributed by atoms with Gasteiger partial charge in [0.15, 0.2) is 5.60 Å². The summed E-state index contributed by atoms with van der Waals surface area (Å²) >= 11 is 1.60. The molecule has 0 amide bonds. The van der Waals surface area contributed by atoms with Crippen molar-refractivity contribution < 1.29 is 9.57 Å². The van der Waals surface area contributed by atoms with Gasteiger partial charge in [0.1, 0.15) is 10.8 Å². The number of benzene rings is 1. The number of pyridine rings is 1. The van der Waals surface area contributed by atoms with E-state index in [0.29, 0.717) is 11.6 Å². The van der Waals surface area contributed by atoms with E-state index in [1.54, 1.807) is 23.7 Å². The fourth-order valence-corrected chi connectivity index (χ4v) is 3.37. The van der Waals surface area contributed by atoms with Crippen LogP contribution in [0.4, 0.5) is 0 Å². The van der Waals surface area contributed by atoms with Crippen molar-refractivity contribution >= 4 is 11.3 Å². The highest BCUT2D eigenvalue weighted by Crippen LogP contribution is 2.37. The summed E-state index contributed by atoms with van der Waals surface area (Å²) in [5.74, 6) is 1.19. The zero-order chi connectivity index (χ0) is 16.4. The van der Waals surface area contributed by atoms with Crippen molar-refractivity contribution in [1.82, 2.24) is 15.4 Å². The summed E-state index contributed by atoms with van der Waals surface area (Å²) in [5, 5.41) is 0.963. The largest absolute Gasteiger partial charge is 0.438 e. The number of nitrogens with one attached hydrogen (secondary N) is 1. The number of thiazole rings is 1. The Kier molecular flexibility index (Phi) is 3.76. The normalized spacial score (nSPS) is 19.6. The second kappa shape index (κ2) is 6.07. The Labute approximate surface area is 143 Å². The second-order valence-corrected chi connectivity index (χ2v) is 6.54. The van der Waals surface area contributed by atoms with Crippen molar-refractivity contribution in [3.8, 4) is 16.3 Å². The van der Waals surface area contributed by atoms with Crippen LogP contribution in [0, 0.1) is 0 Å². The van der Waals surface area contributed by atoms with Gasteiger partial charge in [-0.3, -0.25) is 9.82 Å². The Morgan fingerprint density at radius 3 is 2.79 bits per heavy atom. The van der Waals surface area contributed by atoms with E-state index in [4.69, 9.17) is 9.57 Å². The van der Waals surface area contributed by atoms with Gasteiger partial charge in [-0.15, -0.1) is 11.3 Å². The molecule has 1 aromatic carbocycles. The van der Waals surface area contributed by atoms with Crippen LogP contribution in [0.1, 0.15) is 11.8 Å². The summed E-state index contributed by atoms with van der Waals surface area (Å²) < 4.78 is 5.73. The lowest BCUT2D eigenvalue weighted by Gasteiger charge is -2.16. The first-order valence-corrected chi connectivity index (χ1v) is 8.31. The summed E-state index contributed by atoms with van der Waals surface area (Å²) in [5.41, 5.74) is 3.31. The molecule has 3 heterocycles. The molecule has 1 atom stereocenters. The molecule has 1 N–H and O–H groups in total. The number of hydrogen-bond acceptors (Lipinski definition) is 6. The Morgan fingerprint density at radius 1 is 1.12 bits per heavy atom. The Hall–Kier alpha value is -2.70. The van der Waals surface area contributed by atoms with Crippen LogP contribution in [-0.2, 0) is 10.4 Å². The molecule has 24 heavy (non-hydrogen) atoms. The molecule has 0 aliphatic carbocycles. The fourth-order valence-electron chi connectivity index (χ4n) is 2.39. The average Bonchev–Trinajstić information content (AvgIpc) is 3.25. The van der Waals surface area contributed by atoms with Crippen LogP contribution in [0.5, 0.6) is 5.75 Å². The molecular formula is C18H15N3O2S. The number of ether oxygens (including phenoxy) is 1. The lowest BCUT2D eigenvalue weighted by molar-refractivity contribution is -0.0380. The van der Waals surface area contributed by atoms with E-state index in [9.17, 15) is 0 Å². The maximum atomic E-state index is 5.74. The maximum absolute atomic E-state index is 5.74. The summed E-state index contributed by atoms with van der Waals surface area (Å²) in [6.45, 7) is 1.97. The Bertz CT molecular complexity index is 864. The average molecular weight is 337 g/mol. The molecule has 5 nitrogen and oxygen atoms in total. The molecule has 0 saturated carbocycles. The Morgan fingerprint density at radius 2 is 2.00 bits per heavy atom. The van der Waals surface area contributed by atoms with E-state index in [1.807, 2.05) is 61.7 Å². The van der Waals surface area contributed by atoms with E-state index in [-0.39, 0.29) is 0 Å². The molecule has 0 spiro atoms. The van der Waals surface area contributed by atoms with E-state index < -0.39 is 5.60 Å². The van der Waals surface area contributed by atoms with Crippen LogP contribution >= 0.6 is 11.3 Å². The summed E-state index contributed by atoms with van der Waals surface area (Å²) in [4.78, 5) is 15.3. The van der Waals surface area contributed by atoms with Crippen molar-refractivity contribution in [2.45, 2.75) is 12.5 Å². The third-order valence-corrected chi connectivity index (χ3v) is 4.91. The first kappa shape index (κ1) is 14.9. The van der Waals surface area contributed by atoms with Crippen molar-refractivity contribution in [1.29, 1.82) is 0 Å². The van der Waals surface area contributed by atoms with Gasteiger partial charge < -0.3 is 4.74 Å². The smallest absolute Gasteiger partial charge is 0.216 e. The molecule has 0 fully saturated rings. The maximum Gasteiger partial charge on any atom is 0.216 e. The van der Waals surface area contributed by atoms with Gasteiger partial charge in [-0.05, 0) is 19.1 Å². The van der Waals surface area contributed by atoms with Crippen molar-refractivity contribution in [3.05, 3.63) is 77.9 Å². The molecule has 2 aromatic heterocycles. The van der Waals surface area contributed by atoms with Gasteiger partial charge in [0.05, 0.1) is 11.1 Å². The second-order valence-electron chi connectivity index (χ2n) is 5.51. The standard InChI is InChI=1S/C18H15N3O2S/c1-18(10-16(21-23-18)22-14-8-5-9-19-11-14)15-12-20-17(24-15)13-6-3-2-4-7-13/h2-12,21H,1H3/t18-/m0/s1. The van der Waals surface area contributed by atoms with Gasteiger partial charge in [0.2, 0.25) is 5.88 Å². The molecule has 3 aromatic rings. The molecule has 4 rings (SSSR count). The minimum Gasteiger partial charge on any atom is -0.438 e. The monoisotopic (exact) mass is 337 g/mol. The predicted molar refractivity (Wildman–Crippen MR) is 92.1 cm³/mol. The van der Waals surface area contributed by atoms with Crippen LogP contribution in [0.25, 0.3) is 10.6 Å². The molecule has 6 heteroatoms. The third-order valence-electron chi connectivity index (χ3n) is 3.65. The van der Waals surface area contributed by atoms with Crippen molar-refractivity contribution in [2.24, 2.45) is 0 Å². The van der Waals surface area contributed by atoms with Crippen LogP contribution < -0.4 is 10.2 Å². The van der Waals surface area contributed by atoms with E-state index in [0.717, 1.165) is 15.4 Å². The van der Waals surface area contributed by atoms with Gasteiger partial charge >= 0.3 is 0 Å². The molecule has 1 aliphatic heterocycles. The lowest BCUT2D eigenvalue weighted by Crippen LogP contribution is -2.22. The number of hydrogen-bond donors (Lipinski definition) is 1.